The number of aromatic hydroxyl groups is 1. The van der Waals surface area contributed by atoms with E-state index in [4.69, 9.17) is 0 Å². The molecule has 0 spiro atoms. The molecule has 2 heterocycles. The lowest BCUT2D eigenvalue weighted by Gasteiger charge is -2.38. The molecule has 1 aliphatic heterocycles. The molecule has 2 aromatic carbocycles. The Balaban J connectivity index is 1.78. The Morgan fingerprint density at radius 1 is 0.889 bits per heavy atom. The van der Waals surface area contributed by atoms with E-state index in [1.807, 2.05) is 30.3 Å². The Bertz CT molecular complexity index is 1050. The second kappa shape index (κ2) is 6.43. The molecule has 0 bridgehead atoms. The van der Waals surface area contributed by atoms with Gasteiger partial charge < -0.3 is 14.9 Å². The summed E-state index contributed by atoms with van der Waals surface area (Å²) in [5.41, 5.74) is 7.41. The summed E-state index contributed by atoms with van der Waals surface area (Å²) in [5, 5.41) is 11.6. The molecule has 3 aromatic rings. The topological polar surface area (TPSA) is 39.6 Å². The molecule has 1 aliphatic rings. The summed E-state index contributed by atoms with van der Waals surface area (Å²) in [5.74, 6) is 0.251. The van der Waals surface area contributed by atoms with Crippen molar-refractivity contribution in [2.75, 3.05) is 11.9 Å². The Morgan fingerprint density at radius 2 is 1.56 bits per heavy atom. The van der Waals surface area contributed by atoms with Crippen molar-refractivity contribution in [3.05, 3.63) is 65.3 Å². The van der Waals surface area contributed by atoms with Gasteiger partial charge in [0, 0.05) is 41.6 Å². The summed E-state index contributed by atoms with van der Waals surface area (Å²) < 4.78 is 1.12. The molecular weight excluding hydrogens is 354 g/mol. The minimum Gasteiger partial charge on any atom is -0.507 e. The predicted molar refractivity (Wildman–Crippen MR) is 114 cm³/mol. The maximum absolute atomic E-state index is 10.8. The van der Waals surface area contributed by atoms with E-state index in [9.17, 15) is 5.11 Å². The van der Waals surface area contributed by atoms with Crippen molar-refractivity contribution in [2.45, 2.75) is 27.7 Å². The van der Waals surface area contributed by atoms with E-state index < -0.39 is 0 Å². The monoisotopic (exact) mass is 377 g/mol. The van der Waals surface area contributed by atoms with Crippen molar-refractivity contribution in [2.24, 2.45) is 0 Å². The number of rotatable bonds is 2. The van der Waals surface area contributed by atoms with Crippen LogP contribution in [0.1, 0.15) is 27.7 Å². The van der Waals surface area contributed by atoms with Gasteiger partial charge in [-0.15, -0.1) is 11.3 Å². The van der Waals surface area contributed by atoms with Gasteiger partial charge in [-0.2, -0.15) is 0 Å². The fraction of sp³-hybridized carbons (Fsp3) is 0.227. The maximum atomic E-state index is 10.8. The zero-order valence-corrected chi connectivity index (χ0v) is 17.1. The molecular formula is C22H23N3OS. The summed E-state index contributed by atoms with van der Waals surface area (Å²) in [7, 11) is 2.09. The molecule has 5 heteroatoms. The maximum Gasteiger partial charge on any atom is 0.128 e. The second-order valence-corrected chi connectivity index (χ2v) is 7.95. The number of allylic oxidation sites excluding steroid dienone is 4. The van der Waals surface area contributed by atoms with Crippen molar-refractivity contribution in [1.29, 1.82) is 0 Å². The van der Waals surface area contributed by atoms with E-state index in [2.05, 4.69) is 61.7 Å². The van der Waals surface area contributed by atoms with E-state index in [0.717, 1.165) is 37.9 Å². The van der Waals surface area contributed by atoms with Crippen LogP contribution in [0.5, 0.6) is 5.75 Å². The highest BCUT2D eigenvalue weighted by Gasteiger charge is 2.24. The standard InChI is InChI=1S/C22H23N3OS/c1-13-15(3)25(16(4)14(2)24(13)5)17-10-11-18(20(26)12-17)22-23-19-8-6-7-9-21(19)27-22/h6-12,26H,1-5H3. The first kappa shape index (κ1) is 17.6. The SMILES string of the molecule is CC1=C(C)N(c2ccc(-c3nc4ccccc4s3)c(O)c2)C(C)=C(C)N1C. The van der Waals surface area contributed by atoms with Gasteiger partial charge in [-0.25, -0.2) is 4.98 Å². The number of benzene rings is 2. The number of thiazole rings is 1. The third-order valence-corrected chi connectivity index (χ3v) is 6.56. The number of phenols is 1. The second-order valence-electron chi connectivity index (χ2n) is 6.92. The first-order valence-corrected chi connectivity index (χ1v) is 9.78. The molecule has 1 N–H and O–H groups in total. The van der Waals surface area contributed by atoms with E-state index in [1.54, 1.807) is 11.3 Å². The zero-order chi connectivity index (χ0) is 19.3. The Hall–Kier alpha value is -2.79. The highest BCUT2D eigenvalue weighted by atomic mass is 32.1. The zero-order valence-electron chi connectivity index (χ0n) is 16.2. The molecule has 0 aliphatic carbocycles. The fourth-order valence-electron chi connectivity index (χ4n) is 3.53. The molecule has 27 heavy (non-hydrogen) atoms. The minimum atomic E-state index is 0.251. The Kier molecular flexibility index (Phi) is 4.19. The summed E-state index contributed by atoms with van der Waals surface area (Å²) in [6, 6.07) is 13.9. The molecule has 0 saturated heterocycles. The van der Waals surface area contributed by atoms with Crippen molar-refractivity contribution < 1.29 is 5.11 Å². The highest BCUT2D eigenvalue weighted by Crippen LogP contribution is 2.40. The van der Waals surface area contributed by atoms with Crippen LogP contribution < -0.4 is 4.90 Å². The molecule has 0 radical (unpaired) electrons. The van der Waals surface area contributed by atoms with Gasteiger partial charge in [-0.05, 0) is 52.0 Å². The first-order chi connectivity index (χ1) is 12.9. The molecule has 4 nitrogen and oxygen atoms in total. The average molecular weight is 378 g/mol. The molecule has 4 rings (SSSR count). The number of fused-ring (bicyclic) bond motifs is 1. The van der Waals surface area contributed by atoms with Crippen LogP contribution in [0.4, 0.5) is 5.69 Å². The Labute approximate surface area is 163 Å². The van der Waals surface area contributed by atoms with Gasteiger partial charge in [0.1, 0.15) is 10.8 Å². The van der Waals surface area contributed by atoms with Crippen LogP contribution in [0.2, 0.25) is 0 Å². The van der Waals surface area contributed by atoms with Gasteiger partial charge in [-0.1, -0.05) is 12.1 Å². The summed E-state index contributed by atoms with van der Waals surface area (Å²) in [4.78, 5) is 9.08. The number of phenolic OH excluding ortho intramolecular Hbond substituents is 1. The van der Waals surface area contributed by atoms with Crippen molar-refractivity contribution in [1.82, 2.24) is 9.88 Å². The molecule has 0 saturated carbocycles. The highest BCUT2D eigenvalue weighted by molar-refractivity contribution is 7.21. The third kappa shape index (κ3) is 2.79. The smallest absolute Gasteiger partial charge is 0.128 e. The largest absolute Gasteiger partial charge is 0.507 e. The summed E-state index contributed by atoms with van der Waals surface area (Å²) >= 11 is 1.60. The Morgan fingerprint density at radius 3 is 2.19 bits per heavy atom. The fourth-order valence-corrected chi connectivity index (χ4v) is 4.53. The quantitative estimate of drug-likeness (QED) is 0.601. The van der Waals surface area contributed by atoms with Crippen LogP contribution >= 0.6 is 11.3 Å². The van der Waals surface area contributed by atoms with Crippen LogP contribution in [-0.2, 0) is 0 Å². The van der Waals surface area contributed by atoms with Crippen LogP contribution in [0, 0.1) is 0 Å². The van der Waals surface area contributed by atoms with Gasteiger partial charge in [0.2, 0.25) is 0 Å². The number of para-hydroxylation sites is 1. The van der Waals surface area contributed by atoms with Crippen LogP contribution in [0.15, 0.2) is 65.3 Å². The molecule has 0 unspecified atom stereocenters. The number of nitrogens with zero attached hydrogens (tertiary/aromatic N) is 3. The van der Waals surface area contributed by atoms with Crippen molar-refractivity contribution in [3.63, 3.8) is 0 Å². The van der Waals surface area contributed by atoms with E-state index in [0.29, 0.717) is 0 Å². The minimum absolute atomic E-state index is 0.251. The average Bonchev–Trinajstić information content (AvgIpc) is 3.09. The predicted octanol–water partition coefficient (Wildman–Crippen LogP) is 5.92. The molecule has 0 fully saturated rings. The number of aromatic nitrogens is 1. The van der Waals surface area contributed by atoms with Crippen molar-refractivity contribution >= 4 is 27.2 Å². The van der Waals surface area contributed by atoms with Crippen LogP contribution in [0.25, 0.3) is 20.8 Å². The van der Waals surface area contributed by atoms with E-state index >= 15 is 0 Å². The van der Waals surface area contributed by atoms with Crippen molar-refractivity contribution in [3.8, 4) is 16.3 Å². The third-order valence-electron chi connectivity index (χ3n) is 5.49. The van der Waals surface area contributed by atoms with Gasteiger partial charge in [0.15, 0.2) is 0 Å². The van der Waals surface area contributed by atoms with E-state index in [1.165, 1.54) is 11.4 Å². The van der Waals surface area contributed by atoms with Gasteiger partial charge in [0.25, 0.3) is 0 Å². The van der Waals surface area contributed by atoms with E-state index in [-0.39, 0.29) is 5.75 Å². The number of hydrogen-bond donors (Lipinski definition) is 1. The van der Waals surface area contributed by atoms with Gasteiger partial charge >= 0.3 is 0 Å². The molecule has 1 aromatic heterocycles. The van der Waals surface area contributed by atoms with Crippen LogP contribution in [0.3, 0.4) is 0 Å². The van der Waals surface area contributed by atoms with Gasteiger partial charge in [0.05, 0.1) is 15.8 Å². The first-order valence-electron chi connectivity index (χ1n) is 8.96. The molecule has 0 atom stereocenters. The van der Waals surface area contributed by atoms with Crippen LogP contribution in [-0.4, -0.2) is 22.0 Å². The summed E-state index contributed by atoms with van der Waals surface area (Å²) in [6.45, 7) is 8.46. The summed E-state index contributed by atoms with van der Waals surface area (Å²) in [6.07, 6.45) is 0. The molecule has 138 valence electrons. The number of anilines is 1. The molecule has 0 amide bonds. The lowest BCUT2D eigenvalue weighted by Crippen LogP contribution is -2.32. The number of hydrogen-bond acceptors (Lipinski definition) is 5. The lowest BCUT2D eigenvalue weighted by atomic mass is 10.1. The van der Waals surface area contributed by atoms with Gasteiger partial charge in [-0.3, -0.25) is 0 Å². The normalized spacial score (nSPS) is 15.3. The lowest BCUT2D eigenvalue weighted by molar-refractivity contribution is 0.476.